The van der Waals surface area contributed by atoms with Gasteiger partial charge in [0.25, 0.3) is 0 Å². The van der Waals surface area contributed by atoms with Crippen LogP contribution in [0.15, 0.2) is 0 Å². The molecule has 1 aliphatic rings. The summed E-state index contributed by atoms with van der Waals surface area (Å²) in [5, 5.41) is 0. The normalized spacial score (nSPS) is 16.1. The molecule has 0 atom stereocenters. The van der Waals surface area contributed by atoms with Crippen molar-refractivity contribution >= 4 is 0 Å². The summed E-state index contributed by atoms with van der Waals surface area (Å²) in [7, 11) is 4.96. The zero-order valence-electron chi connectivity index (χ0n) is 17.1. The zero-order valence-corrected chi connectivity index (χ0v) is 17.9. The van der Waals surface area contributed by atoms with Crippen LogP contribution in [0, 0.1) is 0 Å². The van der Waals surface area contributed by atoms with Gasteiger partial charge in [-0.2, -0.15) is 0 Å². The summed E-state index contributed by atoms with van der Waals surface area (Å²) in [6.07, 6.45) is 24.9. The van der Waals surface area contributed by atoms with Crippen LogP contribution >= 0.6 is 0 Å². The van der Waals surface area contributed by atoms with E-state index < -0.39 is 0 Å². The lowest BCUT2D eigenvalue weighted by Crippen LogP contribution is -3.00. The molecule has 0 bridgehead atoms. The molecule has 146 valence electrons. The Kier molecular flexibility index (Phi) is 15.7. The maximum atomic E-state index is 2.48. The summed E-state index contributed by atoms with van der Waals surface area (Å²) in [6, 6.07) is 0.955. The first-order valence-corrected chi connectivity index (χ1v) is 11.0. The summed E-state index contributed by atoms with van der Waals surface area (Å²) in [4.78, 5) is 0. The largest absolute Gasteiger partial charge is 1.00 e. The Balaban J connectivity index is 0.00000529. The molecule has 0 saturated heterocycles. The second-order valence-corrected chi connectivity index (χ2v) is 8.68. The second-order valence-electron chi connectivity index (χ2n) is 8.68. The lowest BCUT2D eigenvalue weighted by molar-refractivity contribution is -0.916. The monoisotopic (exact) mass is 359 g/mol. The molecule has 0 aromatic heterocycles. The maximum Gasteiger partial charge on any atom is 0.0886 e. The Morgan fingerprint density at radius 1 is 0.625 bits per heavy atom. The van der Waals surface area contributed by atoms with Crippen LogP contribution in [0.25, 0.3) is 0 Å². The highest BCUT2D eigenvalue weighted by molar-refractivity contribution is 4.65. The first-order chi connectivity index (χ1) is 11.2. The lowest BCUT2D eigenvalue weighted by Gasteiger charge is -2.40. The van der Waals surface area contributed by atoms with Crippen LogP contribution in [-0.2, 0) is 0 Å². The third-order valence-electron chi connectivity index (χ3n) is 6.15. The molecule has 0 radical (unpaired) electrons. The molecule has 0 amide bonds. The molecule has 24 heavy (non-hydrogen) atoms. The van der Waals surface area contributed by atoms with E-state index in [0.717, 1.165) is 6.04 Å². The van der Waals surface area contributed by atoms with Crippen molar-refractivity contribution in [3.8, 4) is 0 Å². The van der Waals surface area contributed by atoms with Crippen LogP contribution in [0.5, 0.6) is 0 Å². The van der Waals surface area contributed by atoms with E-state index in [1.807, 2.05) is 0 Å². The summed E-state index contributed by atoms with van der Waals surface area (Å²) in [5.74, 6) is 0. The Bertz CT molecular complexity index is 259. The van der Waals surface area contributed by atoms with E-state index in [1.54, 1.807) is 0 Å². The van der Waals surface area contributed by atoms with E-state index in [4.69, 9.17) is 0 Å². The van der Waals surface area contributed by atoms with E-state index in [1.165, 1.54) is 120 Å². The topological polar surface area (TPSA) is 0 Å². The summed E-state index contributed by atoms with van der Waals surface area (Å²) in [5.41, 5.74) is 0. The van der Waals surface area contributed by atoms with Crippen LogP contribution in [0.4, 0.5) is 0 Å². The van der Waals surface area contributed by atoms with Gasteiger partial charge in [-0.1, -0.05) is 77.6 Å². The number of halogens is 1. The number of rotatable bonds is 14. The van der Waals surface area contributed by atoms with Crippen molar-refractivity contribution in [2.45, 2.75) is 122 Å². The Morgan fingerprint density at radius 3 is 1.50 bits per heavy atom. The first kappa shape index (κ1) is 24.2. The summed E-state index contributed by atoms with van der Waals surface area (Å²) < 4.78 is 1.29. The number of unbranched alkanes of at least 4 members (excludes halogenated alkanes) is 11. The van der Waals surface area contributed by atoms with Gasteiger partial charge in [0.15, 0.2) is 0 Å². The highest BCUT2D eigenvalue weighted by Gasteiger charge is 2.28. The van der Waals surface area contributed by atoms with Crippen molar-refractivity contribution in [3.05, 3.63) is 0 Å². The molecule has 0 N–H and O–H groups in total. The van der Waals surface area contributed by atoms with Crippen molar-refractivity contribution in [3.63, 3.8) is 0 Å². The SMILES string of the molecule is CCCCCCCCCCCCCC[N+](C)(C)C1CCCCC1.[Cl-]. The summed E-state index contributed by atoms with van der Waals surface area (Å²) >= 11 is 0. The van der Waals surface area contributed by atoms with E-state index in [0.29, 0.717) is 0 Å². The summed E-state index contributed by atoms with van der Waals surface area (Å²) in [6.45, 7) is 3.71. The minimum atomic E-state index is 0. The van der Waals surface area contributed by atoms with Crippen LogP contribution in [-0.4, -0.2) is 31.2 Å². The van der Waals surface area contributed by atoms with Gasteiger partial charge in [-0.25, -0.2) is 0 Å². The van der Waals surface area contributed by atoms with Gasteiger partial charge in [0, 0.05) is 0 Å². The van der Waals surface area contributed by atoms with Crippen molar-refractivity contribution in [2.24, 2.45) is 0 Å². The van der Waals surface area contributed by atoms with Crippen molar-refractivity contribution < 1.29 is 16.9 Å². The van der Waals surface area contributed by atoms with Gasteiger partial charge in [-0.3, -0.25) is 0 Å². The molecule has 1 saturated carbocycles. The van der Waals surface area contributed by atoms with Crippen molar-refractivity contribution in [1.29, 1.82) is 0 Å². The molecule has 0 aliphatic heterocycles. The van der Waals surface area contributed by atoms with Gasteiger partial charge in [0.1, 0.15) is 0 Å². The number of hydrogen-bond donors (Lipinski definition) is 0. The van der Waals surface area contributed by atoms with Gasteiger partial charge in [-0.05, 0) is 38.5 Å². The highest BCUT2D eigenvalue weighted by atomic mass is 35.5. The van der Waals surface area contributed by atoms with Crippen LogP contribution < -0.4 is 12.4 Å². The maximum absolute atomic E-state index is 2.48. The van der Waals surface area contributed by atoms with Gasteiger partial charge >= 0.3 is 0 Å². The van der Waals surface area contributed by atoms with E-state index in [-0.39, 0.29) is 12.4 Å². The number of hydrogen-bond acceptors (Lipinski definition) is 0. The Hall–Kier alpha value is 0.250. The Morgan fingerprint density at radius 2 is 1.04 bits per heavy atom. The molecular weight excluding hydrogens is 314 g/mol. The molecule has 0 unspecified atom stereocenters. The predicted octanol–water partition coefficient (Wildman–Crippen LogP) is 4.10. The average molecular weight is 360 g/mol. The molecule has 0 heterocycles. The number of quaternary nitrogens is 1. The van der Waals surface area contributed by atoms with Gasteiger partial charge in [0.05, 0.1) is 26.7 Å². The predicted molar refractivity (Wildman–Crippen MR) is 105 cm³/mol. The van der Waals surface area contributed by atoms with E-state index >= 15 is 0 Å². The smallest absolute Gasteiger partial charge is 0.0886 e. The van der Waals surface area contributed by atoms with Crippen molar-refractivity contribution in [2.75, 3.05) is 20.6 Å². The molecule has 1 rings (SSSR count). The van der Waals surface area contributed by atoms with Crippen molar-refractivity contribution in [1.82, 2.24) is 0 Å². The minimum absolute atomic E-state index is 0. The average Bonchev–Trinajstić information content (AvgIpc) is 2.56. The first-order valence-electron chi connectivity index (χ1n) is 11.0. The third kappa shape index (κ3) is 11.7. The standard InChI is InChI=1S/C22H46N.ClH/c1-4-5-6-7-8-9-10-11-12-13-14-18-21-23(2,3)22-19-16-15-17-20-22;/h22H,4-21H2,1-3H3;1H/q+1;/p-1. The fourth-order valence-electron chi connectivity index (χ4n) is 4.32. The second kappa shape index (κ2) is 15.5. The van der Waals surface area contributed by atoms with Crippen LogP contribution in [0.3, 0.4) is 0 Å². The lowest BCUT2D eigenvalue weighted by atomic mass is 9.93. The molecule has 1 aliphatic carbocycles. The molecule has 2 heteroatoms. The quantitative estimate of drug-likeness (QED) is 0.323. The van der Waals surface area contributed by atoms with Crippen LogP contribution in [0.1, 0.15) is 116 Å². The molecule has 0 spiro atoms. The van der Waals surface area contributed by atoms with E-state index in [9.17, 15) is 0 Å². The molecule has 1 nitrogen and oxygen atoms in total. The minimum Gasteiger partial charge on any atom is -1.00 e. The molecule has 1 fully saturated rings. The van der Waals surface area contributed by atoms with Gasteiger partial charge < -0.3 is 16.9 Å². The number of nitrogens with zero attached hydrogens (tertiary/aromatic N) is 1. The highest BCUT2D eigenvalue weighted by Crippen LogP contribution is 2.26. The molecule has 0 aromatic rings. The molecular formula is C22H46ClN. The van der Waals surface area contributed by atoms with E-state index in [2.05, 4.69) is 21.0 Å². The van der Waals surface area contributed by atoms with Gasteiger partial charge in [0.2, 0.25) is 0 Å². The van der Waals surface area contributed by atoms with Crippen LogP contribution in [0.2, 0.25) is 0 Å². The Labute approximate surface area is 160 Å². The van der Waals surface area contributed by atoms with Gasteiger partial charge in [-0.15, -0.1) is 0 Å². The fraction of sp³-hybridized carbons (Fsp3) is 1.00. The molecule has 0 aromatic carbocycles. The fourth-order valence-corrected chi connectivity index (χ4v) is 4.32. The third-order valence-corrected chi connectivity index (χ3v) is 6.15. The zero-order chi connectivity index (χ0) is 16.8.